The van der Waals surface area contributed by atoms with E-state index in [0.717, 1.165) is 12.1 Å². The SMILES string of the molecule is CC(NC(=O)C1(NC(=O)Oc2cncnc2)CC1)c1ccc(Oc2ccc(F)cc2C(F)(F)F)cn1. The summed E-state index contributed by atoms with van der Waals surface area (Å²) >= 11 is 0. The maximum Gasteiger partial charge on any atom is 0.420 e. The number of pyridine rings is 1. The molecule has 9 nitrogen and oxygen atoms in total. The highest BCUT2D eigenvalue weighted by Crippen LogP contribution is 2.39. The highest BCUT2D eigenvalue weighted by Gasteiger charge is 2.52. The van der Waals surface area contributed by atoms with E-state index in [4.69, 9.17) is 9.47 Å². The molecular formula is C23H19F4N5O4. The zero-order valence-electron chi connectivity index (χ0n) is 18.7. The number of aromatic nitrogens is 3. The summed E-state index contributed by atoms with van der Waals surface area (Å²) in [6.07, 6.45) is 0.238. The normalized spacial score (nSPS) is 14.9. The van der Waals surface area contributed by atoms with Crippen LogP contribution in [0.2, 0.25) is 0 Å². The van der Waals surface area contributed by atoms with Gasteiger partial charge >= 0.3 is 12.3 Å². The van der Waals surface area contributed by atoms with Crippen LogP contribution in [0.25, 0.3) is 0 Å². The number of nitrogens with zero attached hydrogens (tertiary/aromatic N) is 3. The molecule has 2 N–H and O–H groups in total. The van der Waals surface area contributed by atoms with Crippen LogP contribution in [-0.4, -0.2) is 32.5 Å². The molecule has 2 amide bonds. The third kappa shape index (κ3) is 5.85. The van der Waals surface area contributed by atoms with Crippen LogP contribution in [0, 0.1) is 5.82 Å². The van der Waals surface area contributed by atoms with E-state index >= 15 is 0 Å². The molecule has 0 aliphatic heterocycles. The molecule has 1 fully saturated rings. The van der Waals surface area contributed by atoms with Crippen molar-refractivity contribution in [3.63, 3.8) is 0 Å². The van der Waals surface area contributed by atoms with Gasteiger partial charge in [0.05, 0.1) is 30.3 Å². The Hall–Kier alpha value is -4.29. The maximum atomic E-state index is 13.3. The van der Waals surface area contributed by atoms with Gasteiger partial charge in [0.15, 0.2) is 5.75 Å². The summed E-state index contributed by atoms with van der Waals surface area (Å²) in [5, 5.41) is 5.29. The van der Waals surface area contributed by atoms with Crippen molar-refractivity contribution in [2.45, 2.75) is 37.5 Å². The molecule has 1 aliphatic carbocycles. The topological polar surface area (TPSA) is 115 Å². The third-order valence-electron chi connectivity index (χ3n) is 5.30. The molecule has 1 unspecified atom stereocenters. The van der Waals surface area contributed by atoms with Crippen LogP contribution in [0.1, 0.15) is 37.1 Å². The Labute approximate surface area is 201 Å². The summed E-state index contributed by atoms with van der Waals surface area (Å²) in [7, 11) is 0. The van der Waals surface area contributed by atoms with Crippen LogP contribution in [0.3, 0.4) is 0 Å². The van der Waals surface area contributed by atoms with E-state index in [1.165, 1.54) is 37.1 Å². The van der Waals surface area contributed by atoms with Gasteiger partial charge in [0.2, 0.25) is 5.91 Å². The van der Waals surface area contributed by atoms with Crippen molar-refractivity contribution in [2.75, 3.05) is 0 Å². The Balaban J connectivity index is 1.36. The molecule has 1 aromatic carbocycles. The number of nitrogens with one attached hydrogen (secondary N) is 2. The summed E-state index contributed by atoms with van der Waals surface area (Å²) in [6.45, 7) is 1.65. The number of carbonyl (C=O) groups excluding carboxylic acids is 2. The minimum absolute atomic E-state index is 0.0117. The zero-order valence-corrected chi connectivity index (χ0v) is 18.7. The van der Waals surface area contributed by atoms with E-state index < -0.39 is 46.9 Å². The van der Waals surface area contributed by atoms with E-state index in [9.17, 15) is 27.2 Å². The molecule has 3 aromatic rings. The summed E-state index contributed by atoms with van der Waals surface area (Å²) in [6, 6.07) is 4.33. The minimum atomic E-state index is -4.81. The van der Waals surface area contributed by atoms with E-state index in [2.05, 4.69) is 25.6 Å². The van der Waals surface area contributed by atoms with Crippen LogP contribution < -0.4 is 20.1 Å². The van der Waals surface area contributed by atoms with Gasteiger partial charge in [-0.05, 0) is 50.1 Å². The number of rotatable bonds is 7. The standard InChI is InChI=1S/C23H19F4N5O4/c1-13(31-20(33)22(6-7-22)32-21(34)36-16-9-28-12-29-10-16)18-4-3-15(11-30-18)35-19-5-2-14(24)8-17(19)23(25,26)27/h2-5,8-13H,6-7H2,1H3,(H,31,33)(H,32,34). The lowest BCUT2D eigenvalue weighted by Gasteiger charge is -2.20. The van der Waals surface area contributed by atoms with Crippen molar-refractivity contribution >= 4 is 12.0 Å². The maximum absolute atomic E-state index is 13.3. The largest absolute Gasteiger partial charge is 0.455 e. The molecule has 13 heteroatoms. The molecular weight excluding hydrogens is 486 g/mol. The van der Waals surface area contributed by atoms with Crippen LogP contribution >= 0.6 is 0 Å². The van der Waals surface area contributed by atoms with Gasteiger partial charge in [0, 0.05) is 0 Å². The van der Waals surface area contributed by atoms with Gasteiger partial charge in [0.1, 0.15) is 34.7 Å². The molecule has 36 heavy (non-hydrogen) atoms. The monoisotopic (exact) mass is 505 g/mol. The number of alkyl halides is 3. The summed E-state index contributed by atoms with van der Waals surface area (Å²) in [5.74, 6) is -1.95. The summed E-state index contributed by atoms with van der Waals surface area (Å²) < 4.78 is 63.1. The van der Waals surface area contributed by atoms with Crippen molar-refractivity contribution in [1.29, 1.82) is 0 Å². The molecule has 1 atom stereocenters. The van der Waals surface area contributed by atoms with Gasteiger partial charge in [-0.1, -0.05) is 0 Å². The second-order valence-corrected chi connectivity index (χ2v) is 8.03. The third-order valence-corrected chi connectivity index (χ3v) is 5.30. The number of carbonyl (C=O) groups is 2. The fourth-order valence-corrected chi connectivity index (χ4v) is 3.26. The first-order chi connectivity index (χ1) is 17.1. The predicted molar refractivity (Wildman–Crippen MR) is 115 cm³/mol. The number of hydrogen-bond acceptors (Lipinski definition) is 7. The van der Waals surface area contributed by atoms with Crippen LogP contribution in [0.4, 0.5) is 22.4 Å². The molecule has 4 rings (SSSR count). The summed E-state index contributed by atoms with van der Waals surface area (Å²) in [5.41, 5.74) is -1.99. The number of amides is 2. The molecule has 0 saturated heterocycles. The lowest BCUT2D eigenvalue weighted by Crippen LogP contribution is -2.50. The second kappa shape index (κ2) is 9.76. The highest BCUT2D eigenvalue weighted by atomic mass is 19.4. The van der Waals surface area contributed by atoms with Crippen LogP contribution in [-0.2, 0) is 11.0 Å². The fraction of sp³-hybridized carbons (Fsp3) is 0.261. The number of ether oxygens (including phenoxy) is 2. The quantitative estimate of drug-likeness (QED) is 0.460. The lowest BCUT2D eigenvalue weighted by atomic mass is 10.1. The van der Waals surface area contributed by atoms with Crippen molar-refractivity contribution < 1.29 is 36.6 Å². The molecule has 0 bridgehead atoms. The second-order valence-electron chi connectivity index (χ2n) is 8.03. The van der Waals surface area contributed by atoms with E-state index in [1.54, 1.807) is 6.92 Å². The van der Waals surface area contributed by atoms with E-state index in [-0.39, 0.29) is 11.5 Å². The number of benzene rings is 1. The van der Waals surface area contributed by atoms with Gasteiger partial charge in [0.25, 0.3) is 0 Å². The van der Waals surface area contributed by atoms with Crippen molar-refractivity contribution in [2.24, 2.45) is 0 Å². The zero-order chi connectivity index (χ0) is 25.9. The van der Waals surface area contributed by atoms with Crippen molar-refractivity contribution in [3.8, 4) is 17.2 Å². The summed E-state index contributed by atoms with van der Waals surface area (Å²) in [4.78, 5) is 36.5. The Bertz CT molecular complexity index is 1250. The molecule has 188 valence electrons. The van der Waals surface area contributed by atoms with Gasteiger partial charge in [-0.15, -0.1) is 0 Å². The van der Waals surface area contributed by atoms with Gasteiger partial charge < -0.3 is 20.1 Å². The molecule has 1 aliphatic rings. The first-order valence-electron chi connectivity index (χ1n) is 10.6. The first kappa shape index (κ1) is 24.8. The molecule has 0 radical (unpaired) electrons. The molecule has 0 spiro atoms. The van der Waals surface area contributed by atoms with Crippen LogP contribution in [0.5, 0.6) is 17.2 Å². The number of hydrogen-bond donors (Lipinski definition) is 2. The smallest absolute Gasteiger partial charge is 0.420 e. The molecule has 2 heterocycles. The average Bonchev–Trinajstić information content (AvgIpc) is 3.61. The Morgan fingerprint density at radius 3 is 2.39 bits per heavy atom. The molecule has 1 saturated carbocycles. The average molecular weight is 505 g/mol. The van der Waals surface area contributed by atoms with E-state index in [0.29, 0.717) is 24.6 Å². The Kier molecular flexibility index (Phi) is 6.73. The van der Waals surface area contributed by atoms with Crippen molar-refractivity contribution in [1.82, 2.24) is 25.6 Å². The Morgan fingerprint density at radius 2 is 1.78 bits per heavy atom. The van der Waals surface area contributed by atoms with Gasteiger partial charge in [-0.25, -0.2) is 19.2 Å². The molecule has 2 aromatic heterocycles. The fourth-order valence-electron chi connectivity index (χ4n) is 3.26. The minimum Gasteiger partial charge on any atom is -0.455 e. The lowest BCUT2D eigenvalue weighted by molar-refractivity contribution is -0.138. The first-order valence-corrected chi connectivity index (χ1v) is 10.6. The predicted octanol–water partition coefficient (Wildman–Crippen LogP) is 4.32. The van der Waals surface area contributed by atoms with Crippen LogP contribution in [0.15, 0.2) is 55.2 Å². The van der Waals surface area contributed by atoms with Gasteiger partial charge in [-0.2, -0.15) is 13.2 Å². The number of halogens is 4. The highest BCUT2D eigenvalue weighted by molar-refractivity contribution is 5.93. The Morgan fingerprint density at radius 1 is 1.06 bits per heavy atom. The van der Waals surface area contributed by atoms with Crippen molar-refractivity contribution in [3.05, 3.63) is 72.3 Å². The van der Waals surface area contributed by atoms with E-state index in [1.807, 2.05) is 0 Å². The van der Waals surface area contributed by atoms with Gasteiger partial charge in [-0.3, -0.25) is 9.78 Å².